The first-order valence-electron chi connectivity index (χ1n) is 24.4. The van der Waals surface area contributed by atoms with Crippen molar-refractivity contribution in [3.05, 3.63) is 60.8 Å². The molecule has 0 radical (unpaired) electrons. The van der Waals surface area contributed by atoms with Crippen LogP contribution in [-0.4, -0.2) is 75.5 Å². The number of allylic oxidation sites excluding steroid dienone is 10. The minimum Gasteiger partial charge on any atom is -0.544 e. The molecule has 0 N–H and O–H groups in total. The first-order valence-corrected chi connectivity index (χ1v) is 24.4. The van der Waals surface area contributed by atoms with Gasteiger partial charge in [0.1, 0.15) is 12.6 Å². The molecule has 0 spiro atoms. The maximum Gasteiger partial charge on any atom is 0.306 e. The number of carbonyl (C=O) groups excluding carboxylic acids is 3. The fourth-order valence-corrected chi connectivity index (χ4v) is 7.04. The molecule has 0 saturated heterocycles. The van der Waals surface area contributed by atoms with Crippen LogP contribution in [0.4, 0.5) is 0 Å². The van der Waals surface area contributed by atoms with E-state index in [1.54, 1.807) is 21.1 Å². The fourth-order valence-electron chi connectivity index (χ4n) is 7.04. The van der Waals surface area contributed by atoms with Crippen LogP contribution in [0, 0.1) is 0 Å². The van der Waals surface area contributed by atoms with Crippen LogP contribution in [0.3, 0.4) is 0 Å². The molecule has 0 rings (SSSR count). The zero-order valence-corrected chi connectivity index (χ0v) is 39.4. The Morgan fingerprint density at radius 2 is 0.933 bits per heavy atom. The molecule has 8 nitrogen and oxygen atoms in total. The molecule has 60 heavy (non-hydrogen) atoms. The first kappa shape index (κ1) is 57.0. The molecule has 0 aliphatic rings. The third-order valence-corrected chi connectivity index (χ3v) is 10.8. The number of rotatable bonds is 43. The van der Waals surface area contributed by atoms with Crippen molar-refractivity contribution in [3.8, 4) is 0 Å². The lowest BCUT2D eigenvalue weighted by Crippen LogP contribution is -2.55. The largest absolute Gasteiger partial charge is 0.544 e. The van der Waals surface area contributed by atoms with Crippen molar-refractivity contribution >= 4 is 17.9 Å². The highest BCUT2D eigenvalue weighted by Crippen LogP contribution is 2.16. The molecule has 0 fully saturated rings. The summed E-state index contributed by atoms with van der Waals surface area (Å²) < 4.78 is 17.1. The van der Waals surface area contributed by atoms with E-state index in [1.165, 1.54) is 128 Å². The predicted molar refractivity (Wildman–Crippen MR) is 249 cm³/mol. The van der Waals surface area contributed by atoms with Crippen molar-refractivity contribution in [2.75, 3.05) is 41.0 Å². The Bertz CT molecular complexity index is 1170. The van der Waals surface area contributed by atoms with Gasteiger partial charge < -0.3 is 28.6 Å². The van der Waals surface area contributed by atoms with Crippen LogP contribution in [0.25, 0.3) is 0 Å². The molecule has 0 heterocycles. The minimum absolute atomic E-state index is 0.0179. The van der Waals surface area contributed by atoms with Gasteiger partial charge in [0.25, 0.3) is 0 Å². The average Bonchev–Trinajstić information content (AvgIpc) is 3.21. The summed E-state index contributed by atoms with van der Waals surface area (Å²) in [5.41, 5.74) is 0. The van der Waals surface area contributed by atoms with Crippen molar-refractivity contribution < 1.29 is 38.2 Å². The Morgan fingerprint density at radius 3 is 1.37 bits per heavy atom. The van der Waals surface area contributed by atoms with Gasteiger partial charge in [0.05, 0.1) is 40.3 Å². The molecule has 0 aromatic heterocycles. The van der Waals surface area contributed by atoms with E-state index in [-0.39, 0.29) is 49.1 Å². The monoisotopic (exact) mass is 842 g/mol. The molecule has 0 aromatic rings. The smallest absolute Gasteiger partial charge is 0.306 e. The van der Waals surface area contributed by atoms with Gasteiger partial charge in [0, 0.05) is 19.3 Å². The number of hydrogen-bond donors (Lipinski definition) is 0. The summed E-state index contributed by atoms with van der Waals surface area (Å²) in [5, 5.41) is 11.6. The van der Waals surface area contributed by atoms with E-state index in [0.29, 0.717) is 12.8 Å². The summed E-state index contributed by atoms with van der Waals surface area (Å²) in [7, 11) is 5.39. The molecule has 0 amide bonds. The number of esters is 2. The molecule has 8 heteroatoms. The van der Waals surface area contributed by atoms with Gasteiger partial charge in [0.2, 0.25) is 0 Å². The minimum atomic E-state index is -1.13. The van der Waals surface area contributed by atoms with E-state index < -0.39 is 18.1 Å². The van der Waals surface area contributed by atoms with Gasteiger partial charge in [-0.1, -0.05) is 216 Å². The third kappa shape index (κ3) is 40.4. The SMILES string of the molecule is CC/C=C/C=C/C=C/C=C/C=C/CCCC(=O)OCC(COCCC(C(=O)[O-])[N+](C)(C)C)OC(=O)CCCCCCCCCCCCCCCCCCCCCCCCC. The number of carbonyl (C=O) groups is 3. The normalized spacial score (nSPS) is 13.4. The number of carboxylic acids is 1. The Balaban J connectivity index is 4.25. The van der Waals surface area contributed by atoms with Gasteiger partial charge in [-0.05, 0) is 25.7 Å². The maximum atomic E-state index is 12.8. The topological polar surface area (TPSA) is 102 Å². The summed E-state index contributed by atoms with van der Waals surface area (Å²) in [6.07, 6.45) is 52.8. The highest BCUT2D eigenvalue weighted by molar-refractivity contribution is 5.70. The first-order chi connectivity index (χ1) is 29.1. The number of aliphatic carboxylic acids is 1. The molecule has 346 valence electrons. The summed E-state index contributed by atoms with van der Waals surface area (Å²) >= 11 is 0. The third-order valence-electron chi connectivity index (χ3n) is 10.8. The van der Waals surface area contributed by atoms with Crippen molar-refractivity contribution in [2.45, 2.75) is 212 Å². The summed E-state index contributed by atoms with van der Waals surface area (Å²) in [5.74, 6) is -1.83. The lowest BCUT2D eigenvalue weighted by Gasteiger charge is -2.34. The van der Waals surface area contributed by atoms with E-state index >= 15 is 0 Å². The highest BCUT2D eigenvalue weighted by Gasteiger charge is 2.25. The molecule has 0 aliphatic heterocycles. The van der Waals surface area contributed by atoms with Gasteiger partial charge in [-0.25, -0.2) is 0 Å². The van der Waals surface area contributed by atoms with Crippen LogP contribution in [0.1, 0.15) is 200 Å². The number of quaternary nitrogens is 1. The Kier molecular flexibility index (Phi) is 40.6. The van der Waals surface area contributed by atoms with Crippen LogP contribution in [0.2, 0.25) is 0 Å². The van der Waals surface area contributed by atoms with Gasteiger partial charge in [-0.2, -0.15) is 0 Å². The summed E-state index contributed by atoms with van der Waals surface area (Å²) in [6, 6.07) is -0.737. The van der Waals surface area contributed by atoms with E-state index in [0.717, 1.165) is 32.1 Å². The van der Waals surface area contributed by atoms with E-state index in [4.69, 9.17) is 14.2 Å². The number of likely N-dealkylation sites (N-methyl/N-ethyl adjacent to an activating group) is 1. The molecular formula is C52H91NO7. The van der Waals surface area contributed by atoms with Gasteiger partial charge in [-0.15, -0.1) is 0 Å². The number of carboxylic acid groups (broad SMARTS) is 1. The Hall–Kier alpha value is -2.97. The van der Waals surface area contributed by atoms with Crippen LogP contribution in [-0.2, 0) is 28.6 Å². The Labute approximate surface area is 368 Å². The van der Waals surface area contributed by atoms with Gasteiger partial charge in [0.15, 0.2) is 6.10 Å². The molecule has 0 bridgehead atoms. The molecule has 0 aromatic carbocycles. The molecule has 0 aliphatic carbocycles. The fraction of sp³-hybridized carbons (Fsp3) is 0.750. The summed E-state index contributed by atoms with van der Waals surface area (Å²) in [4.78, 5) is 36.9. The predicted octanol–water partition coefficient (Wildman–Crippen LogP) is 12.4. The molecule has 0 saturated carbocycles. The van der Waals surface area contributed by atoms with Crippen LogP contribution in [0.15, 0.2) is 60.8 Å². The van der Waals surface area contributed by atoms with E-state index in [9.17, 15) is 19.5 Å². The number of hydrogen-bond acceptors (Lipinski definition) is 7. The lowest BCUT2D eigenvalue weighted by molar-refractivity contribution is -0.889. The van der Waals surface area contributed by atoms with Gasteiger partial charge in [-0.3, -0.25) is 9.59 Å². The van der Waals surface area contributed by atoms with Crippen molar-refractivity contribution in [3.63, 3.8) is 0 Å². The standard InChI is InChI=1S/C52H91NO7/c1-6-8-10-12-14-16-18-20-21-22-23-24-25-26-27-28-29-31-33-35-37-39-41-43-51(55)60-48(46-58-45-44-49(52(56)57)53(3,4)5)47-59-50(54)42-40-38-36-34-32-30-19-17-15-13-11-9-7-2/h9,11,13,15,17,19,30,32,34,36,48-49H,6-8,10,12,14,16,18,20-29,31,33,35,37-47H2,1-5H3/b11-9+,15-13+,19-17+,32-30+,36-34+. The van der Waals surface area contributed by atoms with Crippen LogP contribution in [0.5, 0.6) is 0 Å². The second-order valence-corrected chi connectivity index (χ2v) is 17.4. The average molecular weight is 842 g/mol. The maximum absolute atomic E-state index is 12.8. The number of unbranched alkanes of at least 4 members (excludes halogenated alkanes) is 23. The lowest BCUT2D eigenvalue weighted by atomic mass is 10.0. The zero-order valence-electron chi connectivity index (χ0n) is 39.4. The highest BCUT2D eigenvalue weighted by atomic mass is 16.6. The molecule has 2 unspecified atom stereocenters. The van der Waals surface area contributed by atoms with Crippen molar-refractivity contribution in [2.24, 2.45) is 0 Å². The van der Waals surface area contributed by atoms with Crippen LogP contribution < -0.4 is 5.11 Å². The second-order valence-electron chi connectivity index (χ2n) is 17.4. The van der Waals surface area contributed by atoms with Crippen LogP contribution >= 0.6 is 0 Å². The molecular weight excluding hydrogens is 751 g/mol. The van der Waals surface area contributed by atoms with Gasteiger partial charge >= 0.3 is 11.9 Å². The number of nitrogens with zero attached hydrogens (tertiary/aromatic N) is 1. The van der Waals surface area contributed by atoms with Crippen molar-refractivity contribution in [1.29, 1.82) is 0 Å². The van der Waals surface area contributed by atoms with E-state index in [2.05, 4.69) is 19.9 Å². The Morgan fingerprint density at radius 1 is 0.517 bits per heavy atom. The quantitative estimate of drug-likeness (QED) is 0.0261. The summed E-state index contributed by atoms with van der Waals surface area (Å²) in [6.45, 7) is 4.46. The second kappa shape index (κ2) is 42.7. The zero-order chi connectivity index (χ0) is 44.2. The van der Waals surface area contributed by atoms with Crippen molar-refractivity contribution in [1.82, 2.24) is 0 Å². The number of ether oxygens (including phenoxy) is 3. The van der Waals surface area contributed by atoms with E-state index in [1.807, 2.05) is 54.7 Å². The molecule has 2 atom stereocenters.